The molecule has 0 amide bonds. The van der Waals surface area contributed by atoms with Gasteiger partial charge in [-0.1, -0.05) is 72.1 Å². The molecule has 0 spiro atoms. The van der Waals surface area contributed by atoms with E-state index in [2.05, 4.69) is 20.1 Å². The number of benzene rings is 2. The third-order valence-electron chi connectivity index (χ3n) is 8.65. The van der Waals surface area contributed by atoms with Gasteiger partial charge in [0.2, 0.25) is 0 Å². The average molecular weight is 681 g/mol. The Morgan fingerprint density at radius 1 is 0.776 bits per heavy atom. The van der Waals surface area contributed by atoms with Crippen molar-refractivity contribution in [3.05, 3.63) is 92.7 Å². The minimum atomic E-state index is -1.17. The quantitative estimate of drug-likeness (QED) is 0.0632. The van der Waals surface area contributed by atoms with Crippen molar-refractivity contribution in [2.45, 2.75) is 108 Å². The fraction of sp³-hybridized carbons (Fsp3) is 0.588. The summed E-state index contributed by atoms with van der Waals surface area (Å²) in [7, 11) is 1.36. The number of hydrogen-bond acceptors (Lipinski definition) is 11. The summed E-state index contributed by atoms with van der Waals surface area (Å²) >= 11 is 0. The van der Waals surface area contributed by atoms with Crippen LogP contribution >= 0.6 is 0 Å². The number of methoxy groups -OCH3 is 1. The van der Waals surface area contributed by atoms with Gasteiger partial charge in [0.1, 0.15) is 12.2 Å². The van der Waals surface area contributed by atoms with E-state index < -0.39 is 67.1 Å². The van der Waals surface area contributed by atoms with Crippen LogP contribution in [0.1, 0.15) is 62.4 Å². The zero-order valence-corrected chi connectivity index (χ0v) is 28.1. The molecule has 49 heavy (non-hydrogen) atoms. The van der Waals surface area contributed by atoms with Crippen LogP contribution in [0.4, 0.5) is 0 Å². The monoisotopic (exact) mass is 680 g/mol. The Balaban J connectivity index is 1.62. The van der Waals surface area contributed by atoms with Crippen molar-refractivity contribution in [3.63, 3.8) is 0 Å². The molecule has 0 aromatic heterocycles. The molecule has 15 nitrogen and oxygen atoms in total. The second-order valence-electron chi connectivity index (χ2n) is 12.0. The number of hydrogen-bond donors (Lipinski definition) is 0. The van der Waals surface area contributed by atoms with Crippen molar-refractivity contribution in [1.82, 2.24) is 0 Å². The van der Waals surface area contributed by atoms with E-state index >= 15 is 0 Å². The molecule has 2 aromatic rings. The smallest absolute Gasteiger partial charge is 0.338 e. The third-order valence-corrected chi connectivity index (χ3v) is 8.65. The second-order valence-corrected chi connectivity index (χ2v) is 12.0. The van der Waals surface area contributed by atoms with Crippen LogP contribution in [0.2, 0.25) is 0 Å². The van der Waals surface area contributed by atoms with Crippen LogP contribution < -0.4 is 0 Å². The first-order chi connectivity index (χ1) is 23.8. The van der Waals surface area contributed by atoms with Gasteiger partial charge < -0.3 is 33.2 Å². The van der Waals surface area contributed by atoms with Gasteiger partial charge in [0.15, 0.2) is 18.7 Å². The first kappa shape index (κ1) is 37.6. The summed E-state index contributed by atoms with van der Waals surface area (Å²) in [6.45, 7) is 5.74. The van der Waals surface area contributed by atoms with Gasteiger partial charge in [0, 0.05) is 28.8 Å². The van der Waals surface area contributed by atoms with Crippen molar-refractivity contribution < 1.29 is 42.7 Å². The highest BCUT2D eigenvalue weighted by Crippen LogP contribution is 2.36. The number of nitrogens with zero attached hydrogens (tertiary/aromatic N) is 6. The van der Waals surface area contributed by atoms with Gasteiger partial charge >= 0.3 is 11.9 Å². The van der Waals surface area contributed by atoms with Crippen molar-refractivity contribution in [3.8, 4) is 0 Å². The fourth-order valence-corrected chi connectivity index (χ4v) is 5.98. The molecule has 2 aliphatic heterocycles. The summed E-state index contributed by atoms with van der Waals surface area (Å²) in [5, 5.41) is 7.96. The lowest BCUT2D eigenvalue weighted by atomic mass is 9.89. The second kappa shape index (κ2) is 19.1. The Morgan fingerprint density at radius 3 is 2.08 bits per heavy atom. The highest BCUT2D eigenvalue weighted by molar-refractivity contribution is 5.89. The maximum atomic E-state index is 13.3. The standard InChI is InChI=1S/C34H44N6O9/c1-21-27(37-39-35)22(2)47-34(29(21)48-32(42)25-16-10-6-11-17-25)49-30-28(38-40-36)23(3)46-33(44-19-13-7-12-18-26(41)43-4)31(30)45-20-24-14-8-5-9-15-24/h5-6,8-11,14-17,21-23,27-31,33-34H,7,12-13,18-20H2,1-4H3/t21-,22?,23?,27-,28+,29?,30-,31?,33-,34+/m0/s1. The molecule has 0 saturated carbocycles. The highest BCUT2D eigenvalue weighted by Gasteiger charge is 2.51. The molecular weight excluding hydrogens is 636 g/mol. The number of ether oxygens (including phenoxy) is 7. The van der Waals surface area contributed by atoms with E-state index in [0.717, 1.165) is 12.0 Å². The molecule has 2 aliphatic rings. The van der Waals surface area contributed by atoms with Gasteiger partial charge in [-0.05, 0) is 55.4 Å². The van der Waals surface area contributed by atoms with E-state index in [4.69, 9.17) is 33.2 Å². The first-order valence-corrected chi connectivity index (χ1v) is 16.4. The van der Waals surface area contributed by atoms with Crippen LogP contribution in [-0.4, -0.2) is 80.8 Å². The molecule has 0 bridgehead atoms. The lowest BCUT2D eigenvalue weighted by Gasteiger charge is -2.48. The molecule has 0 radical (unpaired) electrons. The largest absolute Gasteiger partial charge is 0.469 e. The van der Waals surface area contributed by atoms with Crippen LogP contribution in [0, 0.1) is 5.92 Å². The molecule has 0 N–H and O–H groups in total. The maximum absolute atomic E-state index is 13.3. The normalized spacial score (nSPS) is 29.6. The number of rotatable bonds is 16. The van der Waals surface area contributed by atoms with E-state index in [9.17, 15) is 20.7 Å². The lowest BCUT2D eigenvalue weighted by Crippen LogP contribution is -2.62. The van der Waals surface area contributed by atoms with Gasteiger partial charge in [0.05, 0.1) is 43.6 Å². The predicted molar refractivity (Wildman–Crippen MR) is 176 cm³/mol. The average Bonchev–Trinajstić information content (AvgIpc) is 3.11. The summed E-state index contributed by atoms with van der Waals surface area (Å²) in [6.07, 6.45) is -3.98. The van der Waals surface area contributed by atoms with Crippen LogP contribution in [-0.2, 0) is 44.6 Å². The van der Waals surface area contributed by atoms with Crippen LogP contribution in [0.25, 0.3) is 20.9 Å². The predicted octanol–water partition coefficient (Wildman–Crippen LogP) is 6.42. The fourth-order valence-electron chi connectivity index (χ4n) is 5.98. The van der Waals surface area contributed by atoms with Gasteiger partial charge in [-0.2, -0.15) is 0 Å². The molecule has 2 heterocycles. The maximum Gasteiger partial charge on any atom is 0.338 e. The number of carbonyl (C=O) groups is 2. The molecular formula is C34H44N6O9. The van der Waals surface area contributed by atoms with Gasteiger partial charge in [0.25, 0.3) is 0 Å². The van der Waals surface area contributed by atoms with Crippen LogP contribution in [0.5, 0.6) is 0 Å². The number of unbranched alkanes of at least 4 members (excludes halogenated alkanes) is 2. The number of carbonyl (C=O) groups excluding carboxylic acids is 2. The Kier molecular flexibility index (Phi) is 14.7. The zero-order valence-electron chi connectivity index (χ0n) is 28.1. The molecule has 264 valence electrons. The minimum Gasteiger partial charge on any atom is -0.469 e. The topological polar surface area (TPSA) is 196 Å². The molecule has 15 heteroatoms. The van der Waals surface area contributed by atoms with Crippen LogP contribution in [0.15, 0.2) is 70.9 Å². The highest BCUT2D eigenvalue weighted by atomic mass is 16.7. The molecule has 0 aliphatic carbocycles. The van der Waals surface area contributed by atoms with Gasteiger partial charge in [-0.15, -0.1) is 0 Å². The van der Waals surface area contributed by atoms with E-state index in [0.29, 0.717) is 31.4 Å². The molecule has 2 fully saturated rings. The molecule has 4 rings (SSSR count). The van der Waals surface area contributed by atoms with Crippen molar-refractivity contribution in [2.75, 3.05) is 13.7 Å². The molecule has 2 aromatic carbocycles. The Bertz CT molecular complexity index is 1440. The van der Waals surface area contributed by atoms with Gasteiger partial charge in [-0.25, -0.2) is 4.79 Å². The summed E-state index contributed by atoms with van der Waals surface area (Å²) in [6, 6.07) is 16.4. The van der Waals surface area contributed by atoms with E-state index in [1.165, 1.54) is 7.11 Å². The first-order valence-electron chi connectivity index (χ1n) is 16.4. The van der Waals surface area contributed by atoms with Crippen molar-refractivity contribution in [2.24, 2.45) is 16.1 Å². The summed E-state index contributed by atoms with van der Waals surface area (Å²) < 4.78 is 42.5. The van der Waals surface area contributed by atoms with E-state index in [-0.39, 0.29) is 12.6 Å². The number of azide groups is 2. The number of esters is 2. The summed E-state index contributed by atoms with van der Waals surface area (Å²) in [4.78, 5) is 30.8. The molecule has 4 unspecified atom stereocenters. The Labute approximate surface area is 285 Å². The summed E-state index contributed by atoms with van der Waals surface area (Å²) in [5.74, 6) is -1.40. The third kappa shape index (κ3) is 10.4. The SMILES string of the molecule is COC(=O)CCCCCO[C@H]1OC(C)[C@@H](N=[N+]=[N-])[C@H](O[C@H]2OC(C)[C@@H](N=[N+]=[N-])[C@H](C)C2OC(=O)c2ccccc2)C1OCc1ccccc1. The van der Waals surface area contributed by atoms with E-state index in [1.807, 2.05) is 30.3 Å². The summed E-state index contributed by atoms with van der Waals surface area (Å²) in [5.41, 5.74) is 20.0. The molecule has 2 saturated heterocycles. The Hall–Kier alpha value is -4.20. The van der Waals surface area contributed by atoms with Gasteiger partial charge in [-0.3, -0.25) is 4.79 Å². The lowest BCUT2D eigenvalue weighted by molar-refractivity contribution is -0.332. The van der Waals surface area contributed by atoms with Crippen molar-refractivity contribution in [1.29, 1.82) is 0 Å². The molecule has 10 atom stereocenters. The Morgan fingerprint density at radius 2 is 1.41 bits per heavy atom. The minimum absolute atomic E-state index is 0.162. The van der Waals surface area contributed by atoms with Crippen LogP contribution in [0.3, 0.4) is 0 Å². The van der Waals surface area contributed by atoms with E-state index in [1.54, 1.807) is 51.1 Å². The zero-order chi connectivity index (χ0) is 35.2. The van der Waals surface area contributed by atoms with Crippen molar-refractivity contribution >= 4 is 11.9 Å².